The number of rotatable bonds is 5. The average Bonchev–Trinajstić information content (AvgIpc) is 2.18. The summed E-state index contributed by atoms with van der Waals surface area (Å²) in [5.74, 6) is -0.784. The first-order chi connectivity index (χ1) is 7.09. The van der Waals surface area contributed by atoms with Crippen molar-refractivity contribution >= 4 is 39.4 Å². The van der Waals surface area contributed by atoms with Crippen molar-refractivity contribution < 1.29 is 14.7 Å². The number of aliphatic carboxylic acids is 1. The highest BCUT2D eigenvalue weighted by molar-refractivity contribution is 9.10. The van der Waals surface area contributed by atoms with Gasteiger partial charge >= 0.3 is 5.97 Å². The van der Waals surface area contributed by atoms with E-state index in [1.807, 2.05) is 0 Å². The highest BCUT2D eigenvalue weighted by atomic mass is 79.9. The van der Waals surface area contributed by atoms with Crippen LogP contribution in [-0.4, -0.2) is 28.4 Å². The number of carbonyl (C=O) groups is 2. The van der Waals surface area contributed by atoms with Crippen LogP contribution in [0.4, 0.5) is 0 Å². The molecule has 0 saturated heterocycles. The number of carboxylic acid groups (broad SMARTS) is 1. The molecular weight excluding hydrogens is 280 g/mol. The zero-order chi connectivity index (χ0) is 11.3. The fourth-order valence-corrected chi connectivity index (χ4v) is 1.84. The molecule has 1 rings (SSSR count). The van der Waals surface area contributed by atoms with Gasteiger partial charge in [0.2, 0.25) is 0 Å². The van der Waals surface area contributed by atoms with Crippen molar-refractivity contribution in [1.29, 1.82) is 0 Å². The molecule has 0 bridgehead atoms. The van der Waals surface area contributed by atoms with Gasteiger partial charge in [-0.15, -0.1) is 11.8 Å². The lowest BCUT2D eigenvalue weighted by molar-refractivity contribution is -0.133. The van der Waals surface area contributed by atoms with Gasteiger partial charge in [-0.25, -0.2) is 0 Å². The second-order valence-corrected chi connectivity index (χ2v) is 4.72. The minimum absolute atomic E-state index is 0.0394. The van der Waals surface area contributed by atoms with Crippen molar-refractivity contribution in [3.05, 3.63) is 34.3 Å². The van der Waals surface area contributed by atoms with Crippen molar-refractivity contribution in [2.75, 3.05) is 11.5 Å². The molecule has 0 unspecified atom stereocenters. The highest BCUT2D eigenvalue weighted by Crippen LogP contribution is 2.12. The van der Waals surface area contributed by atoms with Gasteiger partial charge in [0.15, 0.2) is 5.78 Å². The first-order valence-electron chi connectivity index (χ1n) is 4.18. The fraction of sp³-hybridized carbons (Fsp3) is 0.200. The van der Waals surface area contributed by atoms with Crippen LogP contribution >= 0.6 is 27.7 Å². The molecule has 1 aromatic rings. The van der Waals surface area contributed by atoms with Gasteiger partial charge in [-0.05, 0) is 12.1 Å². The van der Waals surface area contributed by atoms with Gasteiger partial charge in [0, 0.05) is 10.0 Å². The van der Waals surface area contributed by atoms with E-state index in [1.54, 1.807) is 24.3 Å². The molecule has 15 heavy (non-hydrogen) atoms. The lowest BCUT2D eigenvalue weighted by Crippen LogP contribution is -2.06. The summed E-state index contributed by atoms with van der Waals surface area (Å²) in [6.07, 6.45) is 0. The van der Waals surface area contributed by atoms with E-state index in [1.165, 1.54) is 0 Å². The predicted molar refractivity (Wildman–Crippen MR) is 63.4 cm³/mol. The van der Waals surface area contributed by atoms with Crippen LogP contribution in [0.3, 0.4) is 0 Å². The maximum absolute atomic E-state index is 11.5. The minimum atomic E-state index is -0.899. The van der Waals surface area contributed by atoms with E-state index in [0.29, 0.717) is 5.56 Å². The Hall–Kier alpha value is -0.810. The number of ketones is 1. The number of thioether (sulfide) groups is 1. The molecule has 0 aliphatic rings. The molecule has 0 amide bonds. The largest absolute Gasteiger partial charge is 0.481 e. The fourth-order valence-electron chi connectivity index (χ4n) is 0.950. The van der Waals surface area contributed by atoms with E-state index in [-0.39, 0.29) is 17.3 Å². The smallest absolute Gasteiger partial charge is 0.313 e. The standard InChI is InChI=1S/C10H9BrO3S/c11-8-3-1-7(2-4-8)9(12)5-15-6-10(13)14/h1-4H,5-6H2,(H,13,14). The van der Waals surface area contributed by atoms with Crippen molar-refractivity contribution in [1.82, 2.24) is 0 Å². The predicted octanol–water partition coefficient (Wildman–Crippen LogP) is 2.45. The molecule has 0 aliphatic carbocycles. The molecule has 0 radical (unpaired) electrons. The van der Waals surface area contributed by atoms with Crippen LogP contribution in [0.1, 0.15) is 10.4 Å². The summed E-state index contributed by atoms with van der Waals surface area (Å²) in [4.78, 5) is 21.7. The van der Waals surface area contributed by atoms with E-state index >= 15 is 0 Å². The summed E-state index contributed by atoms with van der Waals surface area (Å²) < 4.78 is 0.914. The lowest BCUT2D eigenvalue weighted by atomic mass is 10.2. The van der Waals surface area contributed by atoms with Crippen LogP contribution in [0.25, 0.3) is 0 Å². The van der Waals surface area contributed by atoms with Gasteiger partial charge in [0.25, 0.3) is 0 Å². The summed E-state index contributed by atoms with van der Waals surface area (Å²) in [7, 11) is 0. The topological polar surface area (TPSA) is 54.4 Å². The number of hydrogen-bond donors (Lipinski definition) is 1. The Morgan fingerprint density at radius 1 is 1.20 bits per heavy atom. The monoisotopic (exact) mass is 288 g/mol. The summed E-state index contributed by atoms with van der Waals surface area (Å²) in [6, 6.07) is 7.01. The first-order valence-corrected chi connectivity index (χ1v) is 6.12. The van der Waals surface area contributed by atoms with Crippen LogP contribution in [0, 0.1) is 0 Å². The van der Waals surface area contributed by atoms with Gasteiger partial charge < -0.3 is 5.11 Å². The molecule has 1 aromatic carbocycles. The Morgan fingerprint density at radius 3 is 2.33 bits per heavy atom. The molecule has 1 N–H and O–H groups in total. The summed E-state index contributed by atoms with van der Waals surface area (Å²) >= 11 is 4.38. The lowest BCUT2D eigenvalue weighted by Gasteiger charge is -1.99. The van der Waals surface area contributed by atoms with Crippen molar-refractivity contribution in [3.63, 3.8) is 0 Å². The van der Waals surface area contributed by atoms with Gasteiger partial charge in [-0.3, -0.25) is 9.59 Å². The maximum Gasteiger partial charge on any atom is 0.313 e. The third-order valence-electron chi connectivity index (χ3n) is 1.62. The molecule has 80 valence electrons. The van der Waals surface area contributed by atoms with Crippen LogP contribution in [0.15, 0.2) is 28.7 Å². The summed E-state index contributed by atoms with van der Waals surface area (Å²) in [5, 5.41) is 8.39. The van der Waals surface area contributed by atoms with Gasteiger partial charge in [-0.1, -0.05) is 28.1 Å². The average molecular weight is 289 g/mol. The molecule has 0 saturated carbocycles. The van der Waals surface area contributed by atoms with Gasteiger partial charge in [-0.2, -0.15) is 0 Å². The zero-order valence-electron chi connectivity index (χ0n) is 7.77. The van der Waals surface area contributed by atoms with E-state index in [2.05, 4.69) is 15.9 Å². The molecule has 3 nitrogen and oxygen atoms in total. The van der Waals surface area contributed by atoms with Crippen molar-refractivity contribution in [2.45, 2.75) is 0 Å². The van der Waals surface area contributed by atoms with Crippen LogP contribution in [-0.2, 0) is 4.79 Å². The Labute approximate surface area is 100.0 Å². The number of carbonyl (C=O) groups excluding carboxylic acids is 1. The number of hydrogen-bond acceptors (Lipinski definition) is 3. The minimum Gasteiger partial charge on any atom is -0.481 e. The van der Waals surface area contributed by atoms with Gasteiger partial charge in [0.1, 0.15) is 0 Å². The first kappa shape index (κ1) is 12.3. The van der Waals surface area contributed by atoms with Crippen molar-refractivity contribution in [3.8, 4) is 0 Å². The second kappa shape index (κ2) is 5.92. The van der Waals surface area contributed by atoms with Crippen LogP contribution in [0.2, 0.25) is 0 Å². The van der Waals surface area contributed by atoms with E-state index < -0.39 is 5.97 Å². The molecule has 5 heteroatoms. The Balaban J connectivity index is 2.47. The van der Waals surface area contributed by atoms with E-state index in [9.17, 15) is 9.59 Å². The van der Waals surface area contributed by atoms with Crippen LogP contribution < -0.4 is 0 Å². The normalized spacial score (nSPS) is 9.93. The second-order valence-electron chi connectivity index (χ2n) is 2.82. The zero-order valence-corrected chi connectivity index (χ0v) is 10.2. The molecule has 0 fully saturated rings. The maximum atomic E-state index is 11.5. The van der Waals surface area contributed by atoms with Crippen molar-refractivity contribution in [2.24, 2.45) is 0 Å². The number of halogens is 1. The SMILES string of the molecule is O=C(O)CSCC(=O)c1ccc(Br)cc1. The van der Waals surface area contributed by atoms with Crippen LogP contribution in [0.5, 0.6) is 0 Å². The summed E-state index contributed by atoms with van der Waals surface area (Å²) in [5.41, 5.74) is 0.607. The highest BCUT2D eigenvalue weighted by Gasteiger charge is 2.06. The molecule has 0 spiro atoms. The van der Waals surface area contributed by atoms with Gasteiger partial charge in [0.05, 0.1) is 11.5 Å². The van der Waals surface area contributed by atoms with E-state index in [0.717, 1.165) is 16.2 Å². The quantitative estimate of drug-likeness (QED) is 0.846. The Morgan fingerprint density at radius 2 is 1.80 bits per heavy atom. The number of carboxylic acids is 1. The Kier molecular flexibility index (Phi) is 4.84. The molecule has 0 heterocycles. The van der Waals surface area contributed by atoms with E-state index in [4.69, 9.17) is 5.11 Å². The third kappa shape index (κ3) is 4.48. The molecule has 0 aliphatic heterocycles. The number of benzene rings is 1. The summed E-state index contributed by atoms with van der Waals surface area (Å²) in [6.45, 7) is 0. The Bertz CT molecular complexity index is 361. The molecule has 0 aromatic heterocycles. The molecule has 0 atom stereocenters. The third-order valence-corrected chi connectivity index (χ3v) is 3.07. The molecular formula is C10H9BrO3S. The number of Topliss-reactive ketones (excluding diaryl/α,β-unsaturated/α-hetero) is 1.